The first kappa shape index (κ1) is 22.8. The minimum atomic E-state index is -0.573. The van der Waals surface area contributed by atoms with Gasteiger partial charge >= 0.3 is 6.09 Å². The van der Waals surface area contributed by atoms with Crippen LogP contribution < -0.4 is 10.6 Å². The molecule has 2 amide bonds. The van der Waals surface area contributed by atoms with Crippen molar-refractivity contribution in [3.63, 3.8) is 0 Å². The molecule has 2 aromatic rings. The molecule has 1 saturated heterocycles. The molecule has 0 unspecified atom stereocenters. The Morgan fingerprint density at radius 2 is 1.68 bits per heavy atom. The molecule has 7 heteroatoms. The van der Waals surface area contributed by atoms with E-state index in [9.17, 15) is 9.59 Å². The number of morpholine rings is 1. The van der Waals surface area contributed by atoms with Gasteiger partial charge in [0.1, 0.15) is 5.60 Å². The molecule has 3 rings (SSSR count). The Balaban J connectivity index is 1.64. The third kappa shape index (κ3) is 7.38. The molecular formula is C24H31N3O4. The van der Waals surface area contributed by atoms with Gasteiger partial charge in [0, 0.05) is 30.9 Å². The van der Waals surface area contributed by atoms with E-state index in [0.29, 0.717) is 24.5 Å². The van der Waals surface area contributed by atoms with Crippen LogP contribution in [0, 0.1) is 0 Å². The van der Waals surface area contributed by atoms with Crippen molar-refractivity contribution in [2.45, 2.75) is 32.4 Å². The normalized spacial score (nSPS) is 15.7. The number of rotatable bonds is 6. The zero-order valence-electron chi connectivity index (χ0n) is 18.4. The van der Waals surface area contributed by atoms with E-state index in [2.05, 4.69) is 15.5 Å². The molecule has 1 aliphatic heterocycles. The van der Waals surface area contributed by atoms with Crippen molar-refractivity contribution in [1.82, 2.24) is 10.2 Å². The molecule has 0 bridgehead atoms. The van der Waals surface area contributed by atoms with E-state index in [-0.39, 0.29) is 11.9 Å². The Kier molecular flexibility index (Phi) is 7.65. The fraction of sp³-hybridized carbons (Fsp3) is 0.417. The number of nitrogens with zero attached hydrogens (tertiary/aromatic N) is 1. The summed E-state index contributed by atoms with van der Waals surface area (Å²) in [6.07, 6.45) is -0.528. The first-order chi connectivity index (χ1) is 14.8. The van der Waals surface area contributed by atoms with Crippen LogP contribution in [0.5, 0.6) is 0 Å². The van der Waals surface area contributed by atoms with Crippen LogP contribution in [-0.4, -0.2) is 55.3 Å². The maximum Gasteiger partial charge on any atom is 0.412 e. The molecular weight excluding hydrogens is 394 g/mol. The molecule has 0 saturated carbocycles. The Labute approximate surface area is 183 Å². The van der Waals surface area contributed by atoms with Gasteiger partial charge in [-0.2, -0.15) is 0 Å². The van der Waals surface area contributed by atoms with Crippen molar-refractivity contribution in [2.24, 2.45) is 0 Å². The number of hydrogen-bond acceptors (Lipinski definition) is 5. The van der Waals surface area contributed by atoms with Crippen LogP contribution in [0.15, 0.2) is 54.6 Å². The molecule has 1 fully saturated rings. The molecule has 0 radical (unpaired) electrons. The van der Waals surface area contributed by atoms with Crippen LogP contribution in [0.3, 0.4) is 0 Å². The highest BCUT2D eigenvalue weighted by atomic mass is 16.6. The van der Waals surface area contributed by atoms with Gasteiger partial charge in [0.2, 0.25) is 0 Å². The quantitative estimate of drug-likeness (QED) is 0.735. The lowest BCUT2D eigenvalue weighted by molar-refractivity contribution is 0.0332. The second-order valence-electron chi connectivity index (χ2n) is 8.55. The van der Waals surface area contributed by atoms with Gasteiger partial charge in [0.25, 0.3) is 5.91 Å². The molecule has 0 aromatic heterocycles. The molecule has 2 aromatic carbocycles. The van der Waals surface area contributed by atoms with Gasteiger partial charge in [-0.3, -0.25) is 15.0 Å². The van der Waals surface area contributed by atoms with Crippen LogP contribution in [-0.2, 0) is 9.47 Å². The molecule has 166 valence electrons. The van der Waals surface area contributed by atoms with Gasteiger partial charge in [0.15, 0.2) is 0 Å². The van der Waals surface area contributed by atoms with E-state index < -0.39 is 11.7 Å². The van der Waals surface area contributed by atoms with E-state index in [1.54, 1.807) is 45.0 Å². The monoisotopic (exact) mass is 425 g/mol. The average Bonchev–Trinajstić information content (AvgIpc) is 2.74. The van der Waals surface area contributed by atoms with E-state index in [1.165, 1.54) is 0 Å². The zero-order chi connectivity index (χ0) is 22.3. The van der Waals surface area contributed by atoms with E-state index in [1.807, 2.05) is 30.3 Å². The fourth-order valence-corrected chi connectivity index (χ4v) is 3.33. The predicted molar refractivity (Wildman–Crippen MR) is 120 cm³/mol. The summed E-state index contributed by atoms with van der Waals surface area (Å²) >= 11 is 0. The summed E-state index contributed by atoms with van der Waals surface area (Å²) in [5.41, 5.74) is 1.58. The van der Waals surface area contributed by atoms with Crippen LogP contribution in [0.2, 0.25) is 0 Å². The summed E-state index contributed by atoms with van der Waals surface area (Å²) in [5.74, 6) is -0.161. The van der Waals surface area contributed by atoms with E-state index in [4.69, 9.17) is 9.47 Å². The van der Waals surface area contributed by atoms with Crippen LogP contribution in [0.4, 0.5) is 10.5 Å². The lowest BCUT2D eigenvalue weighted by Crippen LogP contribution is -2.43. The summed E-state index contributed by atoms with van der Waals surface area (Å²) < 4.78 is 10.7. The van der Waals surface area contributed by atoms with E-state index in [0.717, 1.165) is 25.2 Å². The minimum absolute atomic E-state index is 0.133. The summed E-state index contributed by atoms with van der Waals surface area (Å²) in [5, 5.41) is 5.83. The highest BCUT2D eigenvalue weighted by Gasteiger charge is 2.21. The molecule has 1 heterocycles. The molecule has 1 atom stereocenters. The van der Waals surface area contributed by atoms with Crippen molar-refractivity contribution in [1.29, 1.82) is 0 Å². The molecule has 7 nitrogen and oxygen atoms in total. The molecule has 2 N–H and O–H groups in total. The SMILES string of the molecule is CC(C)(C)OC(=O)Nc1ccc(C(=O)N[C@@H](CN2CCOCC2)c2ccccc2)cc1. The third-order valence-electron chi connectivity index (χ3n) is 4.84. The largest absolute Gasteiger partial charge is 0.444 e. The van der Waals surface area contributed by atoms with Gasteiger partial charge < -0.3 is 14.8 Å². The average molecular weight is 426 g/mol. The van der Waals surface area contributed by atoms with Gasteiger partial charge in [-0.15, -0.1) is 0 Å². The number of carbonyl (C=O) groups excluding carboxylic acids is 2. The van der Waals surface area contributed by atoms with Gasteiger partial charge in [-0.1, -0.05) is 30.3 Å². The molecule has 1 aliphatic rings. The predicted octanol–water partition coefficient (Wildman–Crippen LogP) is 3.84. The summed E-state index contributed by atoms with van der Waals surface area (Å²) in [7, 11) is 0. The van der Waals surface area contributed by atoms with Crippen molar-refractivity contribution < 1.29 is 19.1 Å². The number of benzene rings is 2. The van der Waals surface area contributed by atoms with Crippen molar-refractivity contribution in [2.75, 3.05) is 38.2 Å². The first-order valence-corrected chi connectivity index (χ1v) is 10.6. The van der Waals surface area contributed by atoms with Crippen LogP contribution in [0.25, 0.3) is 0 Å². The fourth-order valence-electron chi connectivity index (χ4n) is 3.33. The Hall–Kier alpha value is -2.90. The summed E-state index contributed by atoms with van der Waals surface area (Å²) in [4.78, 5) is 27.1. The number of ether oxygens (including phenoxy) is 2. The number of anilines is 1. The topological polar surface area (TPSA) is 79.9 Å². The van der Waals surface area contributed by atoms with Gasteiger partial charge in [0.05, 0.1) is 19.3 Å². The number of nitrogens with one attached hydrogen (secondary N) is 2. The summed E-state index contributed by atoms with van der Waals surface area (Å²) in [6.45, 7) is 9.26. The van der Waals surface area contributed by atoms with Crippen molar-refractivity contribution in [3.8, 4) is 0 Å². The maximum absolute atomic E-state index is 12.9. The number of carbonyl (C=O) groups is 2. The Morgan fingerprint density at radius 3 is 2.29 bits per heavy atom. The highest BCUT2D eigenvalue weighted by Crippen LogP contribution is 2.18. The van der Waals surface area contributed by atoms with Gasteiger partial charge in [-0.05, 0) is 50.6 Å². The summed E-state index contributed by atoms with van der Waals surface area (Å²) in [6, 6.07) is 16.6. The maximum atomic E-state index is 12.9. The minimum Gasteiger partial charge on any atom is -0.444 e. The van der Waals surface area contributed by atoms with Crippen molar-refractivity contribution >= 4 is 17.7 Å². The Bertz CT molecular complexity index is 857. The van der Waals surface area contributed by atoms with Crippen molar-refractivity contribution in [3.05, 3.63) is 65.7 Å². The smallest absolute Gasteiger partial charge is 0.412 e. The third-order valence-corrected chi connectivity index (χ3v) is 4.84. The molecule has 0 aliphatic carbocycles. The standard InChI is InChI=1S/C24H31N3O4/c1-24(2,3)31-23(29)25-20-11-9-19(10-12-20)22(28)26-21(18-7-5-4-6-8-18)17-27-13-15-30-16-14-27/h4-12,21H,13-17H2,1-3H3,(H,25,29)(H,26,28)/t21-/m0/s1. The zero-order valence-corrected chi connectivity index (χ0v) is 18.4. The van der Waals surface area contributed by atoms with E-state index >= 15 is 0 Å². The van der Waals surface area contributed by atoms with Gasteiger partial charge in [-0.25, -0.2) is 4.79 Å². The first-order valence-electron chi connectivity index (χ1n) is 10.6. The van der Waals surface area contributed by atoms with Crippen LogP contribution >= 0.6 is 0 Å². The highest BCUT2D eigenvalue weighted by molar-refractivity contribution is 5.95. The number of amides is 2. The molecule has 31 heavy (non-hydrogen) atoms. The number of hydrogen-bond donors (Lipinski definition) is 2. The molecule has 0 spiro atoms. The lowest BCUT2D eigenvalue weighted by Gasteiger charge is -2.31. The Morgan fingerprint density at radius 1 is 1.03 bits per heavy atom. The lowest BCUT2D eigenvalue weighted by atomic mass is 10.1. The van der Waals surface area contributed by atoms with Crippen LogP contribution in [0.1, 0.15) is 42.7 Å². The second-order valence-corrected chi connectivity index (χ2v) is 8.55. The second kappa shape index (κ2) is 10.4.